The van der Waals surface area contributed by atoms with E-state index < -0.39 is 0 Å². The first-order valence-electron chi connectivity index (χ1n) is 10.2. The third kappa shape index (κ3) is 4.06. The summed E-state index contributed by atoms with van der Waals surface area (Å²) in [5.74, 6) is -0.121. The summed E-state index contributed by atoms with van der Waals surface area (Å²) in [5.41, 5.74) is 7.73. The van der Waals surface area contributed by atoms with Crippen molar-refractivity contribution in [1.82, 2.24) is 20.8 Å². The number of nitrogens with zero attached hydrogens (tertiary/aromatic N) is 2. The van der Waals surface area contributed by atoms with Crippen molar-refractivity contribution in [3.8, 4) is 0 Å². The van der Waals surface area contributed by atoms with Gasteiger partial charge in [-0.1, -0.05) is 42.5 Å². The minimum absolute atomic E-state index is 0. The molecule has 7 heteroatoms. The lowest BCUT2D eigenvalue weighted by molar-refractivity contribution is 0.0944. The molecule has 2 aliphatic heterocycles. The highest BCUT2D eigenvalue weighted by atomic mass is 35.5. The van der Waals surface area contributed by atoms with Gasteiger partial charge in [0.05, 0.1) is 0 Å². The minimum atomic E-state index is -0.121. The summed E-state index contributed by atoms with van der Waals surface area (Å²) in [6, 6.07) is 17.1. The second-order valence-electron chi connectivity index (χ2n) is 7.76. The number of hydrogen-bond acceptors (Lipinski definition) is 4. The van der Waals surface area contributed by atoms with E-state index in [-0.39, 0.29) is 18.3 Å². The number of rotatable bonds is 5. The third-order valence-corrected chi connectivity index (χ3v) is 5.85. The van der Waals surface area contributed by atoms with Crippen LogP contribution in [-0.2, 0) is 32.5 Å². The lowest BCUT2D eigenvalue weighted by Crippen LogP contribution is -2.28. The molecule has 1 aromatic heterocycles. The number of para-hydroxylation sites is 1. The van der Waals surface area contributed by atoms with Crippen LogP contribution in [0.5, 0.6) is 0 Å². The van der Waals surface area contributed by atoms with Gasteiger partial charge in [-0.2, -0.15) is 5.10 Å². The maximum absolute atomic E-state index is 12.5. The fourth-order valence-electron chi connectivity index (χ4n) is 4.23. The van der Waals surface area contributed by atoms with E-state index in [0.29, 0.717) is 18.8 Å². The van der Waals surface area contributed by atoms with Crippen LogP contribution in [-0.4, -0.2) is 29.2 Å². The average molecular weight is 424 g/mol. The number of amides is 1. The lowest BCUT2D eigenvalue weighted by atomic mass is 10.1. The molecule has 0 unspecified atom stereocenters. The van der Waals surface area contributed by atoms with Crippen LogP contribution in [0, 0.1) is 0 Å². The molecule has 3 N–H and O–H groups in total. The van der Waals surface area contributed by atoms with Crippen LogP contribution in [0.3, 0.4) is 0 Å². The zero-order chi connectivity index (χ0) is 19.6. The Morgan fingerprint density at radius 1 is 1.07 bits per heavy atom. The summed E-state index contributed by atoms with van der Waals surface area (Å²) in [7, 11) is 0. The summed E-state index contributed by atoms with van der Waals surface area (Å²) in [5, 5.41) is 13.5. The van der Waals surface area contributed by atoms with Gasteiger partial charge in [-0.3, -0.25) is 9.89 Å². The predicted molar refractivity (Wildman–Crippen MR) is 120 cm³/mol. The van der Waals surface area contributed by atoms with Gasteiger partial charge in [0.15, 0.2) is 5.69 Å². The first-order valence-corrected chi connectivity index (χ1v) is 10.2. The van der Waals surface area contributed by atoms with Crippen LogP contribution >= 0.6 is 12.4 Å². The summed E-state index contributed by atoms with van der Waals surface area (Å²) in [4.78, 5) is 15.0. The molecule has 0 atom stereocenters. The molecule has 0 aliphatic carbocycles. The fraction of sp³-hybridized carbons (Fsp3) is 0.304. The topological polar surface area (TPSA) is 73.0 Å². The third-order valence-electron chi connectivity index (χ3n) is 5.85. The van der Waals surface area contributed by atoms with Crippen LogP contribution in [0.15, 0.2) is 48.5 Å². The summed E-state index contributed by atoms with van der Waals surface area (Å²) in [6.45, 7) is 4.10. The number of hydrogen-bond donors (Lipinski definition) is 3. The molecule has 30 heavy (non-hydrogen) atoms. The zero-order valence-electron chi connectivity index (χ0n) is 16.8. The number of halogens is 1. The quantitative estimate of drug-likeness (QED) is 0.590. The van der Waals surface area contributed by atoms with Crippen LogP contribution in [0.1, 0.15) is 38.4 Å². The molecule has 2 aromatic carbocycles. The molecule has 1 amide bonds. The number of nitrogens with one attached hydrogen (secondary N) is 3. The van der Waals surface area contributed by atoms with Crippen molar-refractivity contribution >= 4 is 24.0 Å². The van der Waals surface area contributed by atoms with Crippen molar-refractivity contribution in [1.29, 1.82) is 0 Å². The molecule has 5 rings (SSSR count). The first-order chi connectivity index (χ1) is 14.3. The highest BCUT2D eigenvalue weighted by Gasteiger charge is 2.21. The highest BCUT2D eigenvalue weighted by Crippen LogP contribution is 2.28. The van der Waals surface area contributed by atoms with Crippen LogP contribution < -0.4 is 15.5 Å². The fourth-order valence-corrected chi connectivity index (χ4v) is 4.23. The van der Waals surface area contributed by atoms with Crippen molar-refractivity contribution in [2.75, 3.05) is 18.0 Å². The van der Waals surface area contributed by atoms with Crippen molar-refractivity contribution in [2.24, 2.45) is 0 Å². The molecule has 2 aliphatic rings. The maximum atomic E-state index is 12.5. The number of benzene rings is 2. The Hall–Kier alpha value is -2.83. The molecular formula is C23H26ClN5O. The lowest BCUT2D eigenvalue weighted by Gasteiger charge is -2.19. The van der Waals surface area contributed by atoms with Gasteiger partial charge in [-0.05, 0) is 29.2 Å². The van der Waals surface area contributed by atoms with Crippen molar-refractivity contribution < 1.29 is 4.79 Å². The molecule has 156 valence electrons. The van der Waals surface area contributed by atoms with Crippen LogP contribution in [0.4, 0.5) is 5.69 Å². The Bertz CT molecular complexity index is 1030. The second-order valence-corrected chi connectivity index (χ2v) is 7.76. The van der Waals surface area contributed by atoms with E-state index >= 15 is 0 Å². The zero-order valence-corrected chi connectivity index (χ0v) is 17.6. The molecule has 0 spiro atoms. The van der Waals surface area contributed by atoms with E-state index in [0.717, 1.165) is 49.3 Å². The van der Waals surface area contributed by atoms with Crippen molar-refractivity contribution in [3.63, 3.8) is 0 Å². The average Bonchev–Trinajstić information content (AvgIpc) is 3.38. The van der Waals surface area contributed by atoms with Gasteiger partial charge < -0.3 is 15.5 Å². The SMILES string of the molecule is Cl.O=C(NCc1ccc(CN2CCc3ccccc32)cc1)c1n[nH]c2c1CNCC2. The predicted octanol–water partition coefficient (Wildman–Crippen LogP) is 2.97. The van der Waals surface area contributed by atoms with Gasteiger partial charge in [0.2, 0.25) is 0 Å². The van der Waals surface area contributed by atoms with Gasteiger partial charge in [-0.25, -0.2) is 0 Å². The molecule has 0 fully saturated rings. The molecule has 0 radical (unpaired) electrons. The van der Waals surface area contributed by atoms with Gasteiger partial charge >= 0.3 is 0 Å². The van der Waals surface area contributed by atoms with E-state index in [4.69, 9.17) is 0 Å². The summed E-state index contributed by atoms with van der Waals surface area (Å²) < 4.78 is 0. The number of carbonyl (C=O) groups is 1. The highest BCUT2D eigenvalue weighted by molar-refractivity contribution is 5.94. The van der Waals surface area contributed by atoms with Gasteiger partial charge in [0.25, 0.3) is 5.91 Å². The molecule has 0 saturated carbocycles. The number of anilines is 1. The minimum Gasteiger partial charge on any atom is -0.367 e. The monoisotopic (exact) mass is 423 g/mol. The number of aromatic nitrogens is 2. The van der Waals surface area contributed by atoms with Gasteiger partial charge in [0, 0.05) is 56.1 Å². The molecular weight excluding hydrogens is 398 g/mol. The Labute approximate surface area is 182 Å². The van der Waals surface area contributed by atoms with E-state index in [1.807, 2.05) is 0 Å². The standard InChI is InChI=1S/C23H25N5O.ClH/c29-23(22-19-14-24-11-9-20(19)26-27-22)25-13-16-5-7-17(8-6-16)15-28-12-10-18-3-1-2-4-21(18)28;/h1-8,24H,9-15H2,(H,25,29)(H,26,27);1H. The van der Waals surface area contributed by atoms with Crippen LogP contribution in [0.25, 0.3) is 0 Å². The number of carbonyl (C=O) groups excluding carboxylic acids is 1. The molecule has 3 aromatic rings. The largest absolute Gasteiger partial charge is 0.367 e. The first kappa shape index (κ1) is 20.4. The van der Waals surface area contributed by atoms with Gasteiger partial charge in [0.1, 0.15) is 0 Å². The van der Waals surface area contributed by atoms with E-state index in [2.05, 4.69) is 74.3 Å². The van der Waals surface area contributed by atoms with Crippen molar-refractivity contribution in [2.45, 2.75) is 32.5 Å². The van der Waals surface area contributed by atoms with Crippen LogP contribution in [0.2, 0.25) is 0 Å². The summed E-state index contributed by atoms with van der Waals surface area (Å²) >= 11 is 0. The molecule has 6 nitrogen and oxygen atoms in total. The smallest absolute Gasteiger partial charge is 0.272 e. The van der Waals surface area contributed by atoms with Crippen molar-refractivity contribution in [3.05, 3.63) is 82.2 Å². The number of aromatic amines is 1. The Kier molecular flexibility index (Phi) is 6.06. The Balaban J connectivity index is 0.00000218. The van der Waals surface area contributed by atoms with E-state index in [1.54, 1.807) is 0 Å². The Morgan fingerprint density at radius 2 is 1.87 bits per heavy atom. The van der Waals surface area contributed by atoms with E-state index in [9.17, 15) is 4.79 Å². The second kappa shape index (κ2) is 8.90. The summed E-state index contributed by atoms with van der Waals surface area (Å²) in [6.07, 6.45) is 2.01. The molecule has 3 heterocycles. The van der Waals surface area contributed by atoms with Gasteiger partial charge in [-0.15, -0.1) is 12.4 Å². The Morgan fingerprint density at radius 3 is 2.73 bits per heavy atom. The number of H-pyrrole nitrogens is 1. The number of fused-ring (bicyclic) bond motifs is 2. The molecule has 0 saturated heterocycles. The molecule has 0 bridgehead atoms. The maximum Gasteiger partial charge on any atom is 0.272 e. The van der Waals surface area contributed by atoms with E-state index in [1.165, 1.54) is 16.8 Å². The normalized spacial score (nSPS) is 14.6.